The molecule has 3 rings (SSSR count). The fourth-order valence-electron chi connectivity index (χ4n) is 2.94. The van der Waals surface area contributed by atoms with Crippen molar-refractivity contribution in [3.05, 3.63) is 57.6 Å². The van der Waals surface area contributed by atoms with E-state index in [1.807, 2.05) is 19.1 Å². The highest BCUT2D eigenvalue weighted by Gasteiger charge is 2.26. The van der Waals surface area contributed by atoms with Gasteiger partial charge in [-0.15, -0.1) is 0 Å². The fourth-order valence-corrected chi connectivity index (χ4v) is 2.94. The summed E-state index contributed by atoms with van der Waals surface area (Å²) in [6.45, 7) is 2.39. The molecule has 0 fully saturated rings. The normalized spacial score (nSPS) is 15.4. The molecule has 2 aromatic carbocycles. The molecule has 1 atom stereocenters. The van der Waals surface area contributed by atoms with Gasteiger partial charge in [-0.1, -0.05) is 12.1 Å². The van der Waals surface area contributed by atoms with Gasteiger partial charge in [0.1, 0.15) is 0 Å². The number of carbonyl (C=O) groups excluding carboxylic acids is 1. The van der Waals surface area contributed by atoms with E-state index in [0.29, 0.717) is 30.2 Å². The third-order valence-corrected chi connectivity index (χ3v) is 4.10. The van der Waals surface area contributed by atoms with E-state index in [1.54, 1.807) is 13.2 Å². The highest BCUT2D eigenvalue weighted by molar-refractivity contribution is 5.90. The largest absolute Gasteiger partial charge is 0.493 e. The second kappa shape index (κ2) is 7.30. The Labute approximate surface area is 150 Å². The third-order valence-electron chi connectivity index (χ3n) is 4.10. The molecule has 2 aromatic rings. The maximum absolute atomic E-state index is 12.3. The number of nitrogens with zero attached hydrogens (tertiary/aromatic N) is 1. The van der Waals surface area contributed by atoms with Gasteiger partial charge in [0.15, 0.2) is 11.5 Å². The number of benzene rings is 2. The zero-order chi connectivity index (χ0) is 18.7. The number of amides is 2. The van der Waals surface area contributed by atoms with Crippen molar-refractivity contribution in [3.63, 3.8) is 0 Å². The fraction of sp³-hybridized carbons (Fsp3) is 0.278. The Morgan fingerprint density at radius 1 is 1.35 bits per heavy atom. The van der Waals surface area contributed by atoms with Gasteiger partial charge in [-0.2, -0.15) is 0 Å². The van der Waals surface area contributed by atoms with Gasteiger partial charge in [0.05, 0.1) is 24.7 Å². The van der Waals surface area contributed by atoms with Crippen LogP contribution in [0.4, 0.5) is 16.2 Å². The first-order chi connectivity index (χ1) is 12.5. The first-order valence-corrected chi connectivity index (χ1v) is 8.11. The van der Waals surface area contributed by atoms with Gasteiger partial charge < -0.3 is 20.1 Å². The predicted molar refractivity (Wildman–Crippen MR) is 95.8 cm³/mol. The topological polar surface area (TPSA) is 103 Å². The number of hydrogen-bond donors (Lipinski definition) is 2. The molecular weight excluding hydrogens is 338 g/mol. The van der Waals surface area contributed by atoms with Gasteiger partial charge >= 0.3 is 6.03 Å². The van der Waals surface area contributed by atoms with Gasteiger partial charge in [-0.25, -0.2) is 4.79 Å². The second-order valence-corrected chi connectivity index (χ2v) is 5.98. The Bertz CT molecular complexity index is 853. The number of nitrogens with one attached hydrogen (secondary N) is 2. The number of methoxy groups -OCH3 is 1. The average Bonchev–Trinajstić information content (AvgIpc) is 2.61. The number of nitro benzene ring substituents is 1. The second-order valence-electron chi connectivity index (χ2n) is 5.98. The van der Waals surface area contributed by atoms with Crippen molar-refractivity contribution in [1.29, 1.82) is 0 Å². The van der Waals surface area contributed by atoms with Crippen molar-refractivity contribution in [2.45, 2.75) is 19.4 Å². The molecule has 1 aliphatic rings. The minimum absolute atomic E-state index is 0.0837. The number of non-ortho nitro benzene ring substituents is 1. The van der Waals surface area contributed by atoms with Gasteiger partial charge in [-0.05, 0) is 24.6 Å². The molecule has 1 heterocycles. The first kappa shape index (κ1) is 17.5. The van der Waals surface area contributed by atoms with E-state index < -0.39 is 11.0 Å². The van der Waals surface area contributed by atoms with E-state index in [4.69, 9.17) is 9.47 Å². The molecule has 0 radical (unpaired) electrons. The molecule has 1 unspecified atom stereocenters. The smallest absolute Gasteiger partial charge is 0.319 e. The lowest BCUT2D eigenvalue weighted by Crippen LogP contribution is -2.35. The maximum Gasteiger partial charge on any atom is 0.319 e. The number of carbonyl (C=O) groups is 1. The molecule has 1 aliphatic heterocycles. The van der Waals surface area contributed by atoms with Crippen LogP contribution in [0, 0.1) is 17.0 Å². The zero-order valence-electron chi connectivity index (χ0n) is 14.4. The molecule has 26 heavy (non-hydrogen) atoms. The maximum atomic E-state index is 12.3. The number of fused-ring (bicyclic) bond motifs is 1. The number of urea groups is 1. The quantitative estimate of drug-likeness (QED) is 0.643. The summed E-state index contributed by atoms with van der Waals surface area (Å²) in [7, 11) is 1.57. The Morgan fingerprint density at radius 3 is 2.88 bits per heavy atom. The number of aryl methyl sites for hydroxylation is 1. The molecule has 8 heteroatoms. The van der Waals surface area contributed by atoms with Crippen molar-refractivity contribution < 1.29 is 19.2 Å². The Kier molecular flexibility index (Phi) is 4.92. The summed E-state index contributed by atoms with van der Waals surface area (Å²) in [4.78, 5) is 22.7. The molecule has 0 saturated carbocycles. The Morgan fingerprint density at radius 2 is 2.15 bits per heavy atom. The van der Waals surface area contributed by atoms with Crippen LogP contribution in [0.2, 0.25) is 0 Å². The Hall–Kier alpha value is -3.29. The minimum atomic E-state index is -0.507. The number of hydrogen-bond acceptors (Lipinski definition) is 5. The van der Waals surface area contributed by atoms with Gasteiger partial charge in [0.2, 0.25) is 0 Å². The highest BCUT2D eigenvalue weighted by atomic mass is 16.6. The van der Waals surface area contributed by atoms with Crippen molar-refractivity contribution >= 4 is 17.4 Å². The lowest BCUT2D eigenvalue weighted by Gasteiger charge is -2.28. The third kappa shape index (κ3) is 3.69. The molecule has 8 nitrogen and oxygen atoms in total. The molecule has 0 aromatic heterocycles. The number of anilines is 1. The van der Waals surface area contributed by atoms with Crippen LogP contribution in [0.1, 0.15) is 23.6 Å². The van der Waals surface area contributed by atoms with Crippen LogP contribution in [-0.2, 0) is 0 Å². The van der Waals surface area contributed by atoms with Gasteiger partial charge in [0.25, 0.3) is 5.69 Å². The van der Waals surface area contributed by atoms with Gasteiger partial charge in [-0.3, -0.25) is 10.1 Å². The van der Waals surface area contributed by atoms with Crippen LogP contribution in [0.25, 0.3) is 0 Å². The van der Waals surface area contributed by atoms with Crippen LogP contribution < -0.4 is 20.1 Å². The highest BCUT2D eigenvalue weighted by Crippen LogP contribution is 2.40. The summed E-state index contributed by atoms with van der Waals surface area (Å²) >= 11 is 0. The standard InChI is InChI=1S/C18H19N3O5/c1-11-8-14-15(6-7-26-17(14)16(9-11)25-2)20-18(22)19-12-4-3-5-13(10-12)21(23)24/h3-5,8-10,15H,6-7H2,1-2H3,(H2,19,20,22). The number of ether oxygens (including phenoxy) is 2. The average molecular weight is 357 g/mol. The van der Waals surface area contributed by atoms with Crippen molar-refractivity contribution in [1.82, 2.24) is 5.32 Å². The lowest BCUT2D eigenvalue weighted by molar-refractivity contribution is -0.384. The summed E-state index contributed by atoms with van der Waals surface area (Å²) < 4.78 is 11.1. The molecule has 2 amide bonds. The van der Waals surface area contributed by atoms with E-state index in [-0.39, 0.29) is 11.7 Å². The van der Waals surface area contributed by atoms with E-state index in [1.165, 1.54) is 18.2 Å². The molecule has 0 spiro atoms. The van der Waals surface area contributed by atoms with Crippen LogP contribution in [-0.4, -0.2) is 24.7 Å². The summed E-state index contributed by atoms with van der Waals surface area (Å²) in [5.41, 5.74) is 2.12. The lowest BCUT2D eigenvalue weighted by atomic mass is 9.98. The summed E-state index contributed by atoms with van der Waals surface area (Å²) in [6.07, 6.45) is 0.613. The molecule has 0 aliphatic carbocycles. The van der Waals surface area contributed by atoms with Crippen LogP contribution in [0.3, 0.4) is 0 Å². The molecule has 0 bridgehead atoms. The van der Waals surface area contributed by atoms with Crippen molar-refractivity contribution in [2.24, 2.45) is 0 Å². The minimum Gasteiger partial charge on any atom is -0.493 e. The molecule has 2 N–H and O–H groups in total. The number of rotatable bonds is 4. The zero-order valence-corrected chi connectivity index (χ0v) is 14.4. The van der Waals surface area contributed by atoms with Crippen LogP contribution >= 0.6 is 0 Å². The SMILES string of the molecule is COc1cc(C)cc2c1OCCC2NC(=O)Nc1cccc([N+](=O)[O-])c1. The van der Waals surface area contributed by atoms with E-state index in [0.717, 1.165) is 11.1 Å². The molecule has 0 saturated heterocycles. The van der Waals surface area contributed by atoms with E-state index in [2.05, 4.69) is 10.6 Å². The predicted octanol–water partition coefficient (Wildman–Crippen LogP) is 3.56. The summed E-state index contributed by atoms with van der Waals surface area (Å²) in [5, 5.41) is 16.4. The van der Waals surface area contributed by atoms with Crippen LogP contribution in [0.5, 0.6) is 11.5 Å². The van der Waals surface area contributed by atoms with Crippen LogP contribution in [0.15, 0.2) is 36.4 Å². The summed E-state index contributed by atoms with van der Waals surface area (Å²) in [5.74, 6) is 1.26. The van der Waals surface area contributed by atoms with E-state index in [9.17, 15) is 14.9 Å². The molecule has 136 valence electrons. The number of nitro groups is 1. The van der Waals surface area contributed by atoms with Crippen molar-refractivity contribution in [3.8, 4) is 11.5 Å². The van der Waals surface area contributed by atoms with E-state index >= 15 is 0 Å². The monoisotopic (exact) mass is 357 g/mol. The van der Waals surface area contributed by atoms with Crippen molar-refractivity contribution in [2.75, 3.05) is 19.0 Å². The Balaban J connectivity index is 1.76. The molecular formula is C18H19N3O5. The summed E-state index contributed by atoms with van der Waals surface area (Å²) in [6, 6.07) is 8.94. The first-order valence-electron chi connectivity index (χ1n) is 8.11. The van der Waals surface area contributed by atoms with Gasteiger partial charge in [0, 0.05) is 29.8 Å².